The number of nitriles is 1. The molecular formula is C13H16N2. The van der Waals surface area contributed by atoms with Crippen molar-refractivity contribution in [3.63, 3.8) is 0 Å². The van der Waals surface area contributed by atoms with Crippen molar-refractivity contribution >= 4 is 5.69 Å². The fraction of sp³-hybridized carbons (Fsp3) is 0.308. The van der Waals surface area contributed by atoms with Crippen LogP contribution in [0.1, 0.15) is 13.8 Å². The van der Waals surface area contributed by atoms with Crippen LogP contribution in [0, 0.1) is 11.3 Å². The molecule has 0 unspecified atom stereocenters. The Hall–Kier alpha value is -1.75. The molecule has 0 spiro atoms. The van der Waals surface area contributed by atoms with E-state index in [0.717, 1.165) is 12.2 Å². The summed E-state index contributed by atoms with van der Waals surface area (Å²) in [5.41, 5.74) is 2.37. The molecule has 2 heteroatoms. The van der Waals surface area contributed by atoms with Gasteiger partial charge in [-0.05, 0) is 26.0 Å². The van der Waals surface area contributed by atoms with Crippen molar-refractivity contribution in [3.05, 3.63) is 42.0 Å². The first-order chi connectivity index (χ1) is 7.24. The molecule has 1 aromatic rings. The topological polar surface area (TPSA) is 27.0 Å². The molecule has 1 aromatic carbocycles. The zero-order valence-corrected chi connectivity index (χ0v) is 9.27. The van der Waals surface area contributed by atoms with Crippen LogP contribution in [-0.4, -0.2) is 13.1 Å². The SMILES string of the molecule is CC(C)=CCN(CC#N)c1ccccc1. The molecule has 2 nitrogen and oxygen atoms in total. The lowest BCUT2D eigenvalue weighted by Gasteiger charge is -2.19. The Bertz CT molecular complexity index is 356. The summed E-state index contributed by atoms with van der Waals surface area (Å²) in [5.74, 6) is 0. The largest absolute Gasteiger partial charge is 0.354 e. The Morgan fingerprint density at radius 2 is 2.00 bits per heavy atom. The van der Waals surface area contributed by atoms with Crippen molar-refractivity contribution in [1.82, 2.24) is 0 Å². The monoisotopic (exact) mass is 200 g/mol. The van der Waals surface area contributed by atoms with Crippen molar-refractivity contribution in [3.8, 4) is 6.07 Å². The molecule has 0 fully saturated rings. The lowest BCUT2D eigenvalue weighted by atomic mass is 10.2. The number of para-hydroxylation sites is 1. The fourth-order valence-electron chi connectivity index (χ4n) is 1.28. The second-order valence-electron chi connectivity index (χ2n) is 3.66. The molecule has 0 heterocycles. The van der Waals surface area contributed by atoms with E-state index in [4.69, 9.17) is 5.26 Å². The van der Waals surface area contributed by atoms with Crippen LogP contribution in [-0.2, 0) is 0 Å². The lowest BCUT2D eigenvalue weighted by Crippen LogP contribution is -2.23. The molecule has 0 bridgehead atoms. The Balaban J connectivity index is 2.75. The highest BCUT2D eigenvalue weighted by Gasteiger charge is 2.02. The highest BCUT2D eigenvalue weighted by molar-refractivity contribution is 5.47. The van der Waals surface area contributed by atoms with E-state index in [9.17, 15) is 0 Å². The van der Waals surface area contributed by atoms with Gasteiger partial charge in [0.2, 0.25) is 0 Å². The highest BCUT2D eigenvalue weighted by atomic mass is 15.1. The summed E-state index contributed by atoms with van der Waals surface area (Å²) in [6, 6.07) is 12.2. The van der Waals surface area contributed by atoms with Gasteiger partial charge in [0.1, 0.15) is 6.54 Å². The van der Waals surface area contributed by atoms with E-state index in [1.165, 1.54) is 5.57 Å². The average Bonchev–Trinajstić information content (AvgIpc) is 2.25. The number of allylic oxidation sites excluding steroid dienone is 1. The maximum absolute atomic E-state index is 8.75. The minimum Gasteiger partial charge on any atom is -0.354 e. The quantitative estimate of drug-likeness (QED) is 0.552. The van der Waals surface area contributed by atoms with E-state index in [1.54, 1.807) is 0 Å². The summed E-state index contributed by atoms with van der Waals surface area (Å²) < 4.78 is 0. The first kappa shape index (κ1) is 11.3. The van der Waals surface area contributed by atoms with Crippen molar-refractivity contribution < 1.29 is 0 Å². The maximum Gasteiger partial charge on any atom is 0.106 e. The number of nitrogens with zero attached hydrogens (tertiary/aromatic N) is 2. The zero-order valence-electron chi connectivity index (χ0n) is 9.27. The van der Waals surface area contributed by atoms with Crippen LogP contribution in [0.25, 0.3) is 0 Å². The van der Waals surface area contributed by atoms with Crippen LogP contribution >= 0.6 is 0 Å². The van der Waals surface area contributed by atoms with Gasteiger partial charge in [-0.25, -0.2) is 0 Å². The molecule has 0 atom stereocenters. The van der Waals surface area contributed by atoms with Gasteiger partial charge in [0.05, 0.1) is 6.07 Å². The summed E-state index contributed by atoms with van der Waals surface area (Å²) >= 11 is 0. The molecule has 0 saturated heterocycles. The predicted octanol–water partition coefficient (Wildman–Crippen LogP) is 2.98. The summed E-state index contributed by atoms with van der Waals surface area (Å²) in [6.07, 6.45) is 2.13. The fourth-order valence-corrected chi connectivity index (χ4v) is 1.28. The number of anilines is 1. The number of hydrogen-bond acceptors (Lipinski definition) is 2. The second-order valence-corrected chi connectivity index (χ2v) is 3.66. The second kappa shape index (κ2) is 5.87. The smallest absolute Gasteiger partial charge is 0.106 e. The first-order valence-electron chi connectivity index (χ1n) is 5.04. The van der Waals surface area contributed by atoms with E-state index in [0.29, 0.717) is 6.54 Å². The average molecular weight is 200 g/mol. The van der Waals surface area contributed by atoms with Gasteiger partial charge in [0, 0.05) is 12.2 Å². The van der Waals surface area contributed by atoms with Crippen LogP contribution in [0.4, 0.5) is 5.69 Å². The van der Waals surface area contributed by atoms with Gasteiger partial charge in [-0.15, -0.1) is 0 Å². The normalized spacial score (nSPS) is 9.13. The van der Waals surface area contributed by atoms with Gasteiger partial charge >= 0.3 is 0 Å². The van der Waals surface area contributed by atoms with E-state index in [1.807, 2.05) is 35.2 Å². The van der Waals surface area contributed by atoms with Gasteiger partial charge in [-0.2, -0.15) is 5.26 Å². The van der Waals surface area contributed by atoms with Gasteiger partial charge in [-0.3, -0.25) is 0 Å². The molecule has 15 heavy (non-hydrogen) atoms. The third kappa shape index (κ3) is 3.86. The Labute approximate surface area is 91.4 Å². The van der Waals surface area contributed by atoms with Gasteiger partial charge < -0.3 is 4.90 Å². The van der Waals surface area contributed by atoms with Crippen molar-refractivity contribution in [2.24, 2.45) is 0 Å². The van der Waals surface area contributed by atoms with E-state index >= 15 is 0 Å². The van der Waals surface area contributed by atoms with Crippen molar-refractivity contribution in [1.29, 1.82) is 5.26 Å². The Kier molecular flexibility index (Phi) is 4.43. The van der Waals surface area contributed by atoms with E-state index in [-0.39, 0.29) is 0 Å². The predicted molar refractivity (Wildman–Crippen MR) is 63.7 cm³/mol. The molecule has 0 aliphatic carbocycles. The van der Waals surface area contributed by atoms with Crippen molar-refractivity contribution in [2.45, 2.75) is 13.8 Å². The van der Waals surface area contributed by atoms with Gasteiger partial charge in [-0.1, -0.05) is 29.8 Å². The number of rotatable bonds is 4. The van der Waals surface area contributed by atoms with E-state index < -0.39 is 0 Å². The standard InChI is InChI=1S/C13H16N2/c1-12(2)8-10-15(11-9-14)13-6-4-3-5-7-13/h3-8H,10-11H2,1-2H3. The number of benzene rings is 1. The van der Waals surface area contributed by atoms with Crippen LogP contribution in [0.5, 0.6) is 0 Å². The molecule has 0 aliphatic rings. The Morgan fingerprint density at radius 1 is 1.33 bits per heavy atom. The molecule has 0 amide bonds. The summed E-state index contributed by atoms with van der Waals surface area (Å²) in [6.45, 7) is 5.35. The van der Waals surface area contributed by atoms with E-state index in [2.05, 4.69) is 26.0 Å². The minimum absolute atomic E-state index is 0.424. The van der Waals surface area contributed by atoms with Crippen LogP contribution < -0.4 is 4.90 Å². The molecule has 0 radical (unpaired) electrons. The molecule has 0 aromatic heterocycles. The van der Waals surface area contributed by atoms with Crippen molar-refractivity contribution in [2.75, 3.05) is 18.0 Å². The van der Waals surface area contributed by atoms with Crippen LogP contribution in [0.15, 0.2) is 42.0 Å². The molecule has 78 valence electrons. The third-order valence-electron chi connectivity index (χ3n) is 2.10. The summed E-state index contributed by atoms with van der Waals surface area (Å²) in [5, 5.41) is 8.75. The molecule has 0 saturated carbocycles. The third-order valence-corrected chi connectivity index (χ3v) is 2.10. The molecule has 0 N–H and O–H groups in total. The van der Waals surface area contributed by atoms with Gasteiger partial charge in [0.25, 0.3) is 0 Å². The number of hydrogen-bond donors (Lipinski definition) is 0. The minimum atomic E-state index is 0.424. The molecule has 0 aliphatic heterocycles. The zero-order chi connectivity index (χ0) is 11.1. The Morgan fingerprint density at radius 3 is 2.53 bits per heavy atom. The van der Waals surface area contributed by atoms with Crippen LogP contribution in [0.3, 0.4) is 0 Å². The molecular weight excluding hydrogens is 184 g/mol. The maximum atomic E-state index is 8.75. The summed E-state index contributed by atoms with van der Waals surface area (Å²) in [7, 11) is 0. The highest BCUT2D eigenvalue weighted by Crippen LogP contribution is 2.12. The molecule has 1 rings (SSSR count). The summed E-state index contributed by atoms with van der Waals surface area (Å²) in [4.78, 5) is 2.05. The lowest BCUT2D eigenvalue weighted by molar-refractivity contribution is 0.953. The van der Waals surface area contributed by atoms with Crippen LogP contribution in [0.2, 0.25) is 0 Å². The first-order valence-corrected chi connectivity index (χ1v) is 5.04. The van der Waals surface area contributed by atoms with Gasteiger partial charge in [0.15, 0.2) is 0 Å².